The Hall–Kier alpha value is -1.49. The van der Waals surface area contributed by atoms with Crippen molar-refractivity contribution >= 4 is 5.69 Å². The van der Waals surface area contributed by atoms with Gasteiger partial charge in [0.15, 0.2) is 0 Å². The van der Waals surface area contributed by atoms with Gasteiger partial charge in [0.1, 0.15) is 0 Å². The van der Waals surface area contributed by atoms with Crippen molar-refractivity contribution in [3.63, 3.8) is 0 Å². The molecular formula is C14H18N2. The van der Waals surface area contributed by atoms with E-state index in [2.05, 4.69) is 29.6 Å². The van der Waals surface area contributed by atoms with Crippen LogP contribution in [0.1, 0.15) is 30.9 Å². The van der Waals surface area contributed by atoms with Crippen molar-refractivity contribution in [1.82, 2.24) is 0 Å². The van der Waals surface area contributed by atoms with Crippen molar-refractivity contribution in [2.45, 2.75) is 32.6 Å². The zero-order valence-corrected chi connectivity index (χ0v) is 9.79. The lowest BCUT2D eigenvalue weighted by Crippen LogP contribution is -2.13. The van der Waals surface area contributed by atoms with Gasteiger partial charge in [-0.3, -0.25) is 0 Å². The number of anilines is 1. The lowest BCUT2D eigenvalue weighted by molar-refractivity contribution is 0.685. The molecule has 0 spiro atoms. The molecule has 1 unspecified atom stereocenters. The average Bonchev–Trinajstić information content (AvgIpc) is 2.35. The lowest BCUT2D eigenvalue weighted by atomic mass is 9.90. The Kier molecular flexibility index (Phi) is 3.46. The van der Waals surface area contributed by atoms with Crippen LogP contribution in [0.5, 0.6) is 0 Å². The normalized spacial score (nSPS) is 16.0. The van der Waals surface area contributed by atoms with Crippen LogP contribution >= 0.6 is 0 Å². The van der Waals surface area contributed by atoms with Gasteiger partial charge >= 0.3 is 0 Å². The first-order chi connectivity index (χ1) is 7.81. The predicted octanol–water partition coefficient (Wildman–Crippen LogP) is 3.14. The van der Waals surface area contributed by atoms with Crippen LogP contribution in [0.15, 0.2) is 18.2 Å². The Morgan fingerprint density at radius 2 is 2.19 bits per heavy atom. The zero-order chi connectivity index (χ0) is 11.4. The molecule has 2 heteroatoms. The average molecular weight is 214 g/mol. The molecule has 84 valence electrons. The summed E-state index contributed by atoms with van der Waals surface area (Å²) in [6, 6.07) is 8.73. The molecule has 2 rings (SSSR count). The molecule has 1 N–H and O–H groups in total. The quantitative estimate of drug-likeness (QED) is 0.839. The molecule has 2 nitrogen and oxygen atoms in total. The van der Waals surface area contributed by atoms with E-state index in [9.17, 15) is 0 Å². The molecule has 0 fully saturated rings. The number of hydrogen-bond donors (Lipinski definition) is 1. The Morgan fingerprint density at radius 3 is 3.00 bits per heavy atom. The van der Waals surface area contributed by atoms with Gasteiger partial charge in [-0.05, 0) is 49.8 Å². The van der Waals surface area contributed by atoms with Gasteiger partial charge < -0.3 is 5.32 Å². The second-order valence-electron chi connectivity index (χ2n) is 4.56. The van der Waals surface area contributed by atoms with E-state index in [-0.39, 0.29) is 5.92 Å². The van der Waals surface area contributed by atoms with Gasteiger partial charge in [-0.1, -0.05) is 12.1 Å². The summed E-state index contributed by atoms with van der Waals surface area (Å²) in [7, 11) is 0. The van der Waals surface area contributed by atoms with E-state index in [1.54, 1.807) is 0 Å². The third-order valence-corrected chi connectivity index (χ3v) is 3.22. The molecule has 0 aromatic heterocycles. The minimum Gasteiger partial charge on any atom is -0.384 e. The van der Waals surface area contributed by atoms with Crippen LogP contribution < -0.4 is 5.32 Å². The van der Waals surface area contributed by atoms with Crippen molar-refractivity contribution in [2.75, 3.05) is 11.9 Å². The molecule has 1 aliphatic carbocycles. The summed E-state index contributed by atoms with van der Waals surface area (Å²) in [5, 5.41) is 12.2. The molecule has 1 atom stereocenters. The summed E-state index contributed by atoms with van der Waals surface area (Å²) < 4.78 is 0. The van der Waals surface area contributed by atoms with Gasteiger partial charge in [-0.15, -0.1) is 0 Å². The molecule has 0 saturated carbocycles. The van der Waals surface area contributed by atoms with E-state index >= 15 is 0 Å². The van der Waals surface area contributed by atoms with Gasteiger partial charge in [0.25, 0.3) is 0 Å². The van der Waals surface area contributed by atoms with E-state index < -0.39 is 0 Å². The van der Waals surface area contributed by atoms with Gasteiger partial charge in [-0.25, -0.2) is 0 Å². The van der Waals surface area contributed by atoms with Crippen molar-refractivity contribution in [1.29, 1.82) is 5.26 Å². The van der Waals surface area contributed by atoms with Crippen molar-refractivity contribution < 1.29 is 0 Å². The van der Waals surface area contributed by atoms with Crippen LogP contribution in [-0.2, 0) is 12.8 Å². The minimum atomic E-state index is 0.0689. The van der Waals surface area contributed by atoms with Gasteiger partial charge in [-0.2, -0.15) is 5.26 Å². The topological polar surface area (TPSA) is 35.8 Å². The molecular weight excluding hydrogens is 196 g/mol. The zero-order valence-electron chi connectivity index (χ0n) is 9.79. The van der Waals surface area contributed by atoms with Gasteiger partial charge in [0.05, 0.1) is 12.0 Å². The second-order valence-corrected chi connectivity index (χ2v) is 4.56. The highest BCUT2D eigenvalue weighted by Crippen LogP contribution is 2.27. The number of nitrogens with one attached hydrogen (secondary N) is 1. The summed E-state index contributed by atoms with van der Waals surface area (Å²) in [6.07, 6.45) is 4.99. The standard InChI is InChI=1S/C14H18N2/c1-11(9-15)10-16-14-8-4-6-12-5-2-3-7-13(12)14/h4,6,8,11,16H,2-3,5,7,10H2,1H3. The molecule has 0 aliphatic heterocycles. The predicted molar refractivity (Wildman–Crippen MR) is 66.4 cm³/mol. The molecule has 1 aliphatic rings. The van der Waals surface area contributed by atoms with Gasteiger partial charge in [0, 0.05) is 12.2 Å². The number of benzene rings is 1. The second kappa shape index (κ2) is 5.03. The van der Waals surface area contributed by atoms with Crippen molar-refractivity contribution in [3.8, 4) is 6.07 Å². The highest BCUT2D eigenvalue weighted by molar-refractivity contribution is 5.55. The summed E-state index contributed by atoms with van der Waals surface area (Å²) >= 11 is 0. The van der Waals surface area contributed by atoms with E-state index in [1.807, 2.05) is 6.92 Å². The maximum absolute atomic E-state index is 8.76. The maximum atomic E-state index is 8.76. The fraction of sp³-hybridized carbons (Fsp3) is 0.500. The fourth-order valence-corrected chi connectivity index (χ4v) is 2.26. The molecule has 0 radical (unpaired) electrons. The number of rotatable bonds is 3. The largest absolute Gasteiger partial charge is 0.384 e. The molecule has 0 saturated heterocycles. The molecule has 0 bridgehead atoms. The fourth-order valence-electron chi connectivity index (χ4n) is 2.26. The molecule has 1 aromatic rings. The highest BCUT2D eigenvalue weighted by Gasteiger charge is 2.12. The van der Waals surface area contributed by atoms with E-state index in [0.29, 0.717) is 0 Å². The number of nitrogens with zero attached hydrogens (tertiary/aromatic N) is 1. The number of fused-ring (bicyclic) bond motifs is 1. The van der Waals surface area contributed by atoms with Crippen LogP contribution in [0.2, 0.25) is 0 Å². The van der Waals surface area contributed by atoms with Crippen LogP contribution in [0.25, 0.3) is 0 Å². The minimum absolute atomic E-state index is 0.0689. The summed E-state index contributed by atoms with van der Waals surface area (Å²) in [5.41, 5.74) is 4.19. The monoisotopic (exact) mass is 214 g/mol. The highest BCUT2D eigenvalue weighted by atomic mass is 14.9. The Morgan fingerprint density at radius 1 is 1.38 bits per heavy atom. The number of aryl methyl sites for hydroxylation is 1. The molecule has 0 amide bonds. The molecule has 1 aromatic carbocycles. The van der Waals surface area contributed by atoms with Crippen LogP contribution in [0.3, 0.4) is 0 Å². The lowest BCUT2D eigenvalue weighted by Gasteiger charge is -2.20. The third kappa shape index (κ3) is 2.36. The molecule has 16 heavy (non-hydrogen) atoms. The first-order valence-electron chi connectivity index (χ1n) is 6.05. The summed E-state index contributed by atoms with van der Waals surface area (Å²) in [5.74, 6) is 0.0689. The Bertz CT molecular complexity index is 404. The Labute approximate surface area is 97.3 Å². The van der Waals surface area contributed by atoms with Crippen LogP contribution in [0, 0.1) is 17.2 Å². The summed E-state index contributed by atoms with van der Waals surface area (Å²) in [6.45, 7) is 2.69. The summed E-state index contributed by atoms with van der Waals surface area (Å²) in [4.78, 5) is 0. The first-order valence-corrected chi connectivity index (χ1v) is 6.05. The van der Waals surface area contributed by atoms with E-state index in [0.717, 1.165) is 6.54 Å². The number of nitriles is 1. The third-order valence-electron chi connectivity index (χ3n) is 3.22. The number of hydrogen-bond acceptors (Lipinski definition) is 2. The SMILES string of the molecule is CC(C#N)CNc1cccc2c1CCCC2. The molecule has 0 heterocycles. The Balaban J connectivity index is 2.12. The van der Waals surface area contributed by atoms with E-state index in [4.69, 9.17) is 5.26 Å². The maximum Gasteiger partial charge on any atom is 0.0671 e. The smallest absolute Gasteiger partial charge is 0.0671 e. The van der Waals surface area contributed by atoms with Crippen LogP contribution in [0.4, 0.5) is 5.69 Å². The van der Waals surface area contributed by atoms with Crippen LogP contribution in [-0.4, -0.2) is 6.54 Å². The van der Waals surface area contributed by atoms with E-state index in [1.165, 1.54) is 42.5 Å². The van der Waals surface area contributed by atoms with Crippen molar-refractivity contribution in [2.24, 2.45) is 5.92 Å². The van der Waals surface area contributed by atoms with Gasteiger partial charge in [0.2, 0.25) is 0 Å². The van der Waals surface area contributed by atoms with Crippen molar-refractivity contribution in [3.05, 3.63) is 29.3 Å². The first kappa shape index (κ1) is 11.0.